The van der Waals surface area contributed by atoms with Crippen LogP contribution < -0.4 is 16.4 Å². The Hall–Kier alpha value is -3.89. The van der Waals surface area contributed by atoms with Crippen molar-refractivity contribution in [2.75, 3.05) is 20.2 Å². The van der Waals surface area contributed by atoms with E-state index in [0.29, 0.717) is 5.56 Å². The number of primary amides is 1. The molecule has 37 heavy (non-hydrogen) atoms. The maximum atomic E-state index is 13.5. The molecular formula is C26H38N4O7. The van der Waals surface area contributed by atoms with E-state index in [1.807, 2.05) is 0 Å². The molecule has 0 aromatic heterocycles. The van der Waals surface area contributed by atoms with Gasteiger partial charge in [-0.25, -0.2) is 4.79 Å². The number of ether oxygens (including phenoxy) is 2. The summed E-state index contributed by atoms with van der Waals surface area (Å²) in [6.07, 6.45) is 0.427. The van der Waals surface area contributed by atoms with Crippen LogP contribution in [0.2, 0.25) is 0 Å². The number of alkyl carbamates (subject to hydrolysis) is 1. The van der Waals surface area contributed by atoms with Crippen LogP contribution in [0.1, 0.15) is 64.1 Å². The number of benzene rings is 1. The van der Waals surface area contributed by atoms with Crippen molar-refractivity contribution in [1.29, 1.82) is 0 Å². The highest BCUT2D eigenvalue weighted by molar-refractivity contribution is 5.92. The van der Waals surface area contributed by atoms with Gasteiger partial charge < -0.3 is 30.7 Å². The van der Waals surface area contributed by atoms with E-state index in [1.165, 1.54) is 11.9 Å². The molecule has 0 aliphatic carbocycles. The maximum Gasteiger partial charge on any atom is 0.408 e. The van der Waals surface area contributed by atoms with Crippen LogP contribution in [-0.4, -0.2) is 66.5 Å². The number of hydrogen-bond acceptors (Lipinski definition) is 7. The first-order chi connectivity index (χ1) is 17.3. The van der Waals surface area contributed by atoms with Gasteiger partial charge in [-0.05, 0) is 51.3 Å². The maximum absolute atomic E-state index is 13.5. The van der Waals surface area contributed by atoms with E-state index >= 15 is 0 Å². The Kier molecular flexibility index (Phi) is 12.3. The lowest BCUT2D eigenvalue weighted by atomic mass is 10.00. The first-order valence-corrected chi connectivity index (χ1v) is 12.0. The van der Waals surface area contributed by atoms with Crippen LogP contribution in [0.5, 0.6) is 0 Å². The van der Waals surface area contributed by atoms with E-state index in [9.17, 15) is 24.0 Å². The van der Waals surface area contributed by atoms with E-state index in [0.717, 1.165) is 5.56 Å². The minimum absolute atomic E-state index is 0.00138. The summed E-state index contributed by atoms with van der Waals surface area (Å²) in [5, 5.41) is 5.14. The molecule has 1 aromatic carbocycles. The van der Waals surface area contributed by atoms with Crippen molar-refractivity contribution in [3.8, 4) is 0 Å². The highest BCUT2D eigenvalue weighted by Gasteiger charge is 2.34. The van der Waals surface area contributed by atoms with Crippen LogP contribution in [0.25, 0.3) is 6.08 Å². The number of carbonyl (C=O) groups excluding carboxylic acids is 5. The lowest BCUT2D eigenvalue weighted by molar-refractivity contribution is -0.144. The predicted molar refractivity (Wildman–Crippen MR) is 138 cm³/mol. The Labute approximate surface area is 217 Å². The fourth-order valence-corrected chi connectivity index (χ4v) is 3.39. The van der Waals surface area contributed by atoms with Crippen molar-refractivity contribution in [2.45, 2.75) is 64.6 Å². The van der Waals surface area contributed by atoms with Gasteiger partial charge in [0, 0.05) is 20.0 Å². The number of carbonyl (C=O) groups is 5. The Morgan fingerprint density at radius 1 is 1.16 bits per heavy atom. The van der Waals surface area contributed by atoms with Crippen molar-refractivity contribution < 1.29 is 33.4 Å². The molecule has 0 spiro atoms. The summed E-state index contributed by atoms with van der Waals surface area (Å²) in [4.78, 5) is 63.4. The number of amides is 4. The highest BCUT2D eigenvalue weighted by Crippen LogP contribution is 2.23. The number of rotatable bonds is 13. The van der Waals surface area contributed by atoms with E-state index in [4.69, 9.17) is 15.2 Å². The third kappa shape index (κ3) is 11.1. The number of likely N-dealkylation sites (N-methyl/N-ethyl adjacent to an activating group) is 1. The monoisotopic (exact) mass is 518 g/mol. The smallest absolute Gasteiger partial charge is 0.408 e. The minimum Gasteiger partial charge on any atom is -0.466 e. The molecule has 0 aliphatic rings. The summed E-state index contributed by atoms with van der Waals surface area (Å²) < 4.78 is 10.1. The second kappa shape index (κ2) is 14.6. The molecule has 0 fully saturated rings. The summed E-state index contributed by atoms with van der Waals surface area (Å²) in [6, 6.07) is 4.56. The van der Waals surface area contributed by atoms with Crippen molar-refractivity contribution in [2.24, 2.45) is 5.73 Å². The van der Waals surface area contributed by atoms with Gasteiger partial charge in [-0.3, -0.25) is 19.2 Å². The number of hydrogen-bond donors (Lipinski definition) is 3. The minimum atomic E-state index is -1.19. The topological polar surface area (TPSA) is 157 Å². The van der Waals surface area contributed by atoms with Gasteiger partial charge in [0.05, 0.1) is 13.0 Å². The van der Waals surface area contributed by atoms with Gasteiger partial charge in [-0.15, -0.1) is 0 Å². The Morgan fingerprint density at radius 3 is 2.41 bits per heavy atom. The molecule has 0 heterocycles. The Morgan fingerprint density at radius 2 is 1.84 bits per heavy atom. The molecular weight excluding hydrogens is 480 g/mol. The summed E-state index contributed by atoms with van der Waals surface area (Å²) in [5.74, 6) is -2.31. The summed E-state index contributed by atoms with van der Waals surface area (Å²) in [5.41, 5.74) is 5.64. The zero-order valence-electron chi connectivity index (χ0n) is 22.2. The van der Waals surface area contributed by atoms with Crippen LogP contribution >= 0.6 is 0 Å². The average Bonchev–Trinajstić information content (AvgIpc) is 2.80. The van der Waals surface area contributed by atoms with Crippen LogP contribution in [0.3, 0.4) is 0 Å². The van der Waals surface area contributed by atoms with E-state index in [-0.39, 0.29) is 32.4 Å². The molecule has 1 aromatic rings. The van der Waals surface area contributed by atoms with Crippen molar-refractivity contribution in [3.63, 3.8) is 0 Å². The summed E-state index contributed by atoms with van der Waals surface area (Å²) in [7, 11) is 1.41. The number of nitrogens with zero attached hydrogens (tertiary/aromatic N) is 1. The first kappa shape index (κ1) is 31.1. The van der Waals surface area contributed by atoms with Crippen LogP contribution in [0.15, 0.2) is 30.8 Å². The predicted octanol–water partition coefficient (Wildman–Crippen LogP) is 2.06. The van der Waals surface area contributed by atoms with E-state index < -0.39 is 47.5 Å². The zero-order valence-corrected chi connectivity index (χ0v) is 22.2. The molecule has 4 N–H and O–H groups in total. The van der Waals surface area contributed by atoms with Gasteiger partial charge in [0.2, 0.25) is 17.7 Å². The molecule has 11 nitrogen and oxygen atoms in total. The molecule has 0 saturated carbocycles. The van der Waals surface area contributed by atoms with Crippen molar-refractivity contribution in [3.05, 3.63) is 42.0 Å². The van der Waals surface area contributed by atoms with Gasteiger partial charge in [0.25, 0.3) is 0 Å². The molecule has 1 rings (SSSR count). The fourth-order valence-electron chi connectivity index (χ4n) is 3.39. The summed E-state index contributed by atoms with van der Waals surface area (Å²) in [6.45, 7) is 10.6. The normalized spacial score (nSPS) is 12.5. The molecule has 11 heteroatoms. The highest BCUT2D eigenvalue weighted by atomic mass is 16.6. The standard InChI is InChI=1S/C26H38N4O7/c1-7-17-10-9-11-18(16-17)22(23(33)28-15-14-21(32)36-8-2)30(6)24(34)19(12-13-20(27)31)29-25(35)37-26(3,4)5/h7,9-11,16,19,22H,1,8,12-15H2,2-6H3,(H2,27,31)(H,28,33)(H,29,35). The van der Waals surface area contributed by atoms with Gasteiger partial charge >= 0.3 is 12.1 Å². The Balaban J connectivity index is 3.25. The first-order valence-electron chi connectivity index (χ1n) is 12.0. The third-order valence-corrected chi connectivity index (χ3v) is 5.05. The molecule has 204 valence electrons. The lowest BCUT2D eigenvalue weighted by Gasteiger charge is -2.31. The van der Waals surface area contributed by atoms with E-state index in [2.05, 4.69) is 17.2 Å². The van der Waals surface area contributed by atoms with Crippen LogP contribution in [0.4, 0.5) is 4.79 Å². The van der Waals surface area contributed by atoms with Gasteiger partial charge in [0.15, 0.2) is 0 Å². The van der Waals surface area contributed by atoms with Crippen molar-refractivity contribution in [1.82, 2.24) is 15.5 Å². The molecule has 4 amide bonds. The summed E-state index contributed by atoms with van der Waals surface area (Å²) >= 11 is 0. The third-order valence-electron chi connectivity index (χ3n) is 5.05. The fraction of sp³-hybridized carbons (Fsp3) is 0.500. The lowest BCUT2D eigenvalue weighted by Crippen LogP contribution is -2.52. The van der Waals surface area contributed by atoms with Gasteiger partial charge in [-0.1, -0.05) is 30.9 Å². The second-order valence-corrected chi connectivity index (χ2v) is 9.28. The van der Waals surface area contributed by atoms with Gasteiger partial charge in [-0.2, -0.15) is 0 Å². The number of nitrogens with one attached hydrogen (secondary N) is 2. The van der Waals surface area contributed by atoms with Crippen LogP contribution in [0, 0.1) is 0 Å². The second-order valence-electron chi connectivity index (χ2n) is 9.28. The largest absolute Gasteiger partial charge is 0.466 e. The van der Waals surface area contributed by atoms with Crippen molar-refractivity contribution >= 4 is 35.9 Å². The molecule has 0 saturated heterocycles. The molecule has 2 unspecified atom stereocenters. The van der Waals surface area contributed by atoms with E-state index in [1.54, 1.807) is 58.0 Å². The molecule has 2 atom stereocenters. The Bertz CT molecular complexity index is 987. The van der Waals surface area contributed by atoms with Crippen LogP contribution in [-0.2, 0) is 28.7 Å². The molecule has 0 bridgehead atoms. The quantitative estimate of drug-likeness (QED) is 0.337. The SMILES string of the molecule is C=Cc1cccc(C(C(=O)NCCC(=O)OCC)N(C)C(=O)C(CCC(N)=O)NC(=O)OC(C)(C)C)c1. The molecule has 0 radical (unpaired) electrons. The average molecular weight is 519 g/mol. The number of nitrogens with two attached hydrogens (primary N) is 1. The number of esters is 1. The molecule has 0 aliphatic heterocycles. The van der Waals surface area contributed by atoms with Gasteiger partial charge in [0.1, 0.15) is 17.7 Å². The zero-order chi connectivity index (χ0) is 28.2.